The van der Waals surface area contributed by atoms with E-state index in [0.29, 0.717) is 0 Å². The second kappa shape index (κ2) is 7.15. The molecule has 0 aliphatic rings. The first-order valence-corrected chi connectivity index (χ1v) is 5.83. The van der Waals surface area contributed by atoms with Crippen molar-refractivity contribution in [2.45, 2.75) is 25.3 Å². The van der Waals surface area contributed by atoms with Crippen LogP contribution in [0.2, 0.25) is 0 Å². The van der Waals surface area contributed by atoms with Crippen LogP contribution >= 0.6 is 0 Å². The molecule has 0 fully saturated rings. The number of nitrogens with two attached hydrogens (primary N) is 1. The molecule has 6 nitrogen and oxygen atoms in total. The first-order chi connectivity index (χ1) is 8.99. The summed E-state index contributed by atoms with van der Waals surface area (Å²) >= 11 is 0. The number of rotatable bonds is 7. The van der Waals surface area contributed by atoms with E-state index >= 15 is 0 Å². The summed E-state index contributed by atoms with van der Waals surface area (Å²) in [5, 5.41) is 11.0. The van der Waals surface area contributed by atoms with Gasteiger partial charge in [-0.25, -0.2) is 0 Å². The standard InChI is InChI=1S/C13H16N2O4/c14-13(19)10(6-7-12(17)18)15-11(16)8-9-4-2-1-3-5-9/h1-5,10H,6-8H2,(H2,14,19)(H,15,16)(H,17,18)/t10-/m1/s1. The number of benzene rings is 1. The molecule has 6 heteroatoms. The number of carboxylic acid groups (broad SMARTS) is 1. The predicted molar refractivity (Wildman–Crippen MR) is 68.1 cm³/mol. The molecule has 0 saturated heterocycles. The van der Waals surface area contributed by atoms with Gasteiger partial charge in [0.05, 0.1) is 6.42 Å². The van der Waals surface area contributed by atoms with Crippen LogP contribution in [0.1, 0.15) is 18.4 Å². The number of nitrogens with one attached hydrogen (secondary N) is 1. The van der Waals surface area contributed by atoms with Crippen LogP contribution in [-0.4, -0.2) is 28.9 Å². The molecule has 2 amide bonds. The fourth-order valence-electron chi connectivity index (χ4n) is 1.58. The largest absolute Gasteiger partial charge is 0.481 e. The van der Waals surface area contributed by atoms with Crippen LogP contribution < -0.4 is 11.1 Å². The summed E-state index contributed by atoms with van der Waals surface area (Å²) in [7, 11) is 0. The van der Waals surface area contributed by atoms with Crippen LogP contribution in [-0.2, 0) is 20.8 Å². The molecule has 0 heterocycles. The van der Waals surface area contributed by atoms with Crippen LogP contribution in [0.5, 0.6) is 0 Å². The van der Waals surface area contributed by atoms with Gasteiger partial charge in [-0.05, 0) is 12.0 Å². The average Bonchev–Trinajstić information content (AvgIpc) is 2.35. The summed E-state index contributed by atoms with van der Waals surface area (Å²) in [6, 6.07) is 8.07. The molecule has 0 saturated carbocycles. The van der Waals surface area contributed by atoms with Gasteiger partial charge in [0, 0.05) is 6.42 Å². The number of amides is 2. The molecule has 1 atom stereocenters. The Bertz CT molecular complexity index is 459. The van der Waals surface area contributed by atoms with Crippen molar-refractivity contribution in [1.82, 2.24) is 5.32 Å². The van der Waals surface area contributed by atoms with Crippen molar-refractivity contribution in [3.8, 4) is 0 Å². The molecule has 0 aliphatic heterocycles. The van der Waals surface area contributed by atoms with Crippen molar-refractivity contribution in [3.63, 3.8) is 0 Å². The smallest absolute Gasteiger partial charge is 0.303 e. The highest BCUT2D eigenvalue weighted by atomic mass is 16.4. The lowest BCUT2D eigenvalue weighted by Crippen LogP contribution is -2.45. The maximum absolute atomic E-state index is 11.7. The Hall–Kier alpha value is -2.37. The third kappa shape index (κ3) is 5.67. The molecule has 0 radical (unpaired) electrons. The zero-order valence-electron chi connectivity index (χ0n) is 10.3. The quantitative estimate of drug-likeness (QED) is 0.647. The predicted octanol–water partition coefficient (Wildman–Crippen LogP) is 0.0640. The minimum absolute atomic E-state index is 0.00873. The van der Waals surface area contributed by atoms with Gasteiger partial charge in [-0.2, -0.15) is 0 Å². The van der Waals surface area contributed by atoms with Gasteiger partial charge in [0.15, 0.2) is 0 Å². The van der Waals surface area contributed by atoms with Crippen molar-refractivity contribution in [2.24, 2.45) is 5.73 Å². The highest BCUT2D eigenvalue weighted by Crippen LogP contribution is 2.02. The molecule has 4 N–H and O–H groups in total. The highest BCUT2D eigenvalue weighted by Gasteiger charge is 2.19. The van der Waals surface area contributed by atoms with E-state index in [-0.39, 0.29) is 25.2 Å². The number of primary amides is 1. The second-order valence-electron chi connectivity index (χ2n) is 4.12. The van der Waals surface area contributed by atoms with Crippen molar-refractivity contribution in [3.05, 3.63) is 35.9 Å². The Morgan fingerprint density at radius 2 is 1.84 bits per heavy atom. The third-order valence-electron chi connectivity index (χ3n) is 2.53. The van der Waals surface area contributed by atoms with Crippen molar-refractivity contribution >= 4 is 17.8 Å². The lowest BCUT2D eigenvalue weighted by Gasteiger charge is -2.14. The van der Waals surface area contributed by atoms with Crippen LogP contribution in [0.4, 0.5) is 0 Å². The van der Waals surface area contributed by atoms with Gasteiger partial charge in [-0.15, -0.1) is 0 Å². The molecule has 1 aromatic carbocycles. The summed E-state index contributed by atoms with van der Waals surface area (Å²) in [5.74, 6) is -2.13. The molecule has 19 heavy (non-hydrogen) atoms. The van der Waals surface area contributed by atoms with Gasteiger partial charge in [-0.3, -0.25) is 14.4 Å². The maximum atomic E-state index is 11.7. The lowest BCUT2D eigenvalue weighted by molar-refractivity contribution is -0.137. The van der Waals surface area contributed by atoms with E-state index in [2.05, 4.69) is 5.32 Å². The minimum atomic E-state index is -1.04. The van der Waals surface area contributed by atoms with Gasteiger partial charge >= 0.3 is 5.97 Å². The van der Waals surface area contributed by atoms with Crippen LogP contribution in [0, 0.1) is 0 Å². The van der Waals surface area contributed by atoms with Crippen LogP contribution in [0.3, 0.4) is 0 Å². The van der Waals surface area contributed by atoms with Crippen molar-refractivity contribution < 1.29 is 19.5 Å². The number of hydrogen-bond acceptors (Lipinski definition) is 3. The normalized spacial score (nSPS) is 11.6. The summed E-state index contributed by atoms with van der Waals surface area (Å²) in [4.78, 5) is 33.3. The van der Waals surface area contributed by atoms with Gasteiger partial charge < -0.3 is 16.2 Å². The summed E-state index contributed by atoms with van der Waals surface area (Å²) < 4.78 is 0. The number of carbonyl (C=O) groups is 3. The van der Waals surface area contributed by atoms with Gasteiger partial charge in [0.2, 0.25) is 11.8 Å². The zero-order chi connectivity index (χ0) is 14.3. The zero-order valence-corrected chi connectivity index (χ0v) is 10.3. The number of hydrogen-bond donors (Lipinski definition) is 3. The first kappa shape index (κ1) is 14.7. The first-order valence-electron chi connectivity index (χ1n) is 5.83. The van der Waals surface area contributed by atoms with Gasteiger partial charge in [0.1, 0.15) is 6.04 Å². The van der Waals surface area contributed by atoms with E-state index in [0.717, 1.165) is 5.56 Å². The molecule has 0 bridgehead atoms. The third-order valence-corrected chi connectivity index (χ3v) is 2.53. The fourth-order valence-corrected chi connectivity index (χ4v) is 1.58. The number of aliphatic carboxylic acids is 1. The van der Waals surface area contributed by atoms with Crippen molar-refractivity contribution in [1.29, 1.82) is 0 Å². The van der Waals surface area contributed by atoms with E-state index in [9.17, 15) is 14.4 Å². The van der Waals surface area contributed by atoms with E-state index < -0.39 is 17.9 Å². The van der Waals surface area contributed by atoms with Gasteiger partial charge in [-0.1, -0.05) is 30.3 Å². The Labute approximate surface area is 110 Å². The molecule has 102 valence electrons. The monoisotopic (exact) mass is 264 g/mol. The molecular weight excluding hydrogens is 248 g/mol. The Morgan fingerprint density at radius 1 is 1.21 bits per heavy atom. The van der Waals surface area contributed by atoms with E-state index in [1.165, 1.54) is 0 Å². The Balaban J connectivity index is 2.52. The molecule has 0 spiro atoms. The molecule has 0 aromatic heterocycles. The molecule has 0 unspecified atom stereocenters. The van der Waals surface area contributed by atoms with Crippen molar-refractivity contribution in [2.75, 3.05) is 0 Å². The van der Waals surface area contributed by atoms with Gasteiger partial charge in [0.25, 0.3) is 0 Å². The summed E-state index contributed by atoms with van der Waals surface area (Å²) in [6.07, 6.45) is -0.109. The summed E-state index contributed by atoms with van der Waals surface area (Å²) in [5.41, 5.74) is 5.92. The number of carbonyl (C=O) groups excluding carboxylic acids is 2. The minimum Gasteiger partial charge on any atom is -0.481 e. The number of carboxylic acids is 1. The van der Waals surface area contributed by atoms with E-state index in [4.69, 9.17) is 10.8 Å². The second-order valence-corrected chi connectivity index (χ2v) is 4.12. The lowest BCUT2D eigenvalue weighted by atomic mass is 10.1. The molecule has 1 aromatic rings. The topological polar surface area (TPSA) is 109 Å². The van der Waals surface area contributed by atoms with E-state index in [1.54, 1.807) is 24.3 Å². The summed E-state index contributed by atoms with van der Waals surface area (Å²) in [6.45, 7) is 0. The molecule has 0 aliphatic carbocycles. The average molecular weight is 264 g/mol. The van der Waals surface area contributed by atoms with Crippen LogP contribution in [0.15, 0.2) is 30.3 Å². The molecular formula is C13H16N2O4. The SMILES string of the molecule is NC(=O)[C@@H](CCC(=O)O)NC(=O)Cc1ccccc1. The van der Waals surface area contributed by atoms with E-state index in [1.807, 2.05) is 6.07 Å². The fraction of sp³-hybridized carbons (Fsp3) is 0.308. The molecule has 1 rings (SSSR count). The Morgan fingerprint density at radius 3 is 2.37 bits per heavy atom. The van der Waals surface area contributed by atoms with Crippen LogP contribution in [0.25, 0.3) is 0 Å². The Kier molecular flexibility index (Phi) is 5.53. The highest BCUT2D eigenvalue weighted by molar-refractivity contribution is 5.87. The maximum Gasteiger partial charge on any atom is 0.303 e.